The van der Waals surface area contributed by atoms with Crippen molar-refractivity contribution in [2.24, 2.45) is 11.5 Å². The molecule has 1 amide bonds. The van der Waals surface area contributed by atoms with Gasteiger partial charge in [0.2, 0.25) is 5.91 Å². The summed E-state index contributed by atoms with van der Waals surface area (Å²) >= 11 is 5.07. The molecule has 4 N–H and O–H groups in total. The first-order chi connectivity index (χ1) is 7.95. The molecule has 1 heterocycles. The van der Waals surface area contributed by atoms with Crippen molar-refractivity contribution in [1.29, 1.82) is 0 Å². The van der Waals surface area contributed by atoms with Crippen molar-refractivity contribution in [2.45, 2.75) is 25.9 Å². The number of halogens is 1. The Hall–Kier alpha value is -0.430. The molecule has 0 fully saturated rings. The number of nitrogens with two attached hydrogens (primary N) is 2. The third-order valence-corrected chi connectivity index (χ3v) is 4.30. The normalized spacial score (nSPS) is 14.9. The molecule has 6 heteroatoms. The van der Waals surface area contributed by atoms with E-state index in [0.717, 1.165) is 15.9 Å². The van der Waals surface area contributed by atoms with Crippen molar-refractivity contribution in [1.82, 2.24) is 4.90 Å². The zero-order valence-electron chi connectivity index (χ0n) is 10.0. The Bertz CT molecular complexity index is 381. The van der Waals surface area contributed by atoms with Crippen LogP contribution in [0.5, 0.6) is 0 Å². The van der Waals surface area contributed by atoms with E-state index < -0.39 is 0 Å². The minimum absolute atomic E-state index is 0.0313. The Morgan fingerprint density at radius 2 is 2.29 bits per heavy atom. The summed E-state index contributed by atoms with van der Waals surface area (Å²) in [6.07, 6.45) is 0. The number of primary amides is 1. The highest BCUT2D eigenvalue weighted by molar-refractivity contribution is 9.10. The molecule has 0 aliphatic rings. The van der Waals surface area contributed by atoms with Gasteiger partial charge in [-0.3, -0.25) is 9.69 Å². The van der Waals surface area contributed by atoms with Crippen LogP contribution in [0.3, 0.4) is 0 Å². The fourth-order valence-electron chi connectivity index (χ4n) is 1.86. The average molecular weight is 320 g/mol. The summed E-state index contributed by atoms with van der Waals surface area (Å²) in [5, 5.41) is 2.02. The lowest BCUT2D eigenvalue weighted by molar-refractivity contribution is -0.119. The Morgan fingerprint density at radius 1 is 1.65 bits per heavy atom. The number of amides is 1. The van der Waals surface area contributed by atoms with Gasteiger partial charge in [0.1, 0.15) is 0 Å². The van der Waals surface area contributed by atoms with Crippen LogP contribution < -0.4 is 11.5 Å². The second-order valence-corrected chi connectivity index (χ2v) is 5.86. The fourth-order valence-corrected chi connectivity index (χ4v) is 3.56. The van der Waals surface area contributed by atoms with Gasteiger partial charge < -0.3 is 11.5 Å². The highest BCUT2D eigenvalue weighted by Gasteiger charge is 2.25. The van der Waals surface area contributed by atoms with Crippen LogP contribution >= 0.6 is 27.3 Å². The van der Waals surface area contributed by atoms with Gasteiger partial charge in [-0.1, -0.05) is 6.92 Å². The number of thiophene rings is 1. The summed E-state index contributed by atoms with van der Waals surface area (Å²) in [5.41, 5.74) is 11.3. The van der Waals surface area contributed by atoms with Crippen LogP contribution in [-0.4, -0.2) is 29.9 Å². The number of carbonyl (C=O) groups excluding carboxylic acids is 1. The second-order valence-electron chi connectivity index (χ2n) is 4.00. The van der Waals surface area contributed by atoms with Gasteiger partial charge in [0.25, 0.3) is 0 Å². The van der Waals surface area contributed by atoms with Gasteiger partial charge >= 0.3 is 0 Å². The summed E-state index contributed by atoms with van der Waals surface area (Å²) in [6, 6.07) is 2.02. The molecule has 0 saturated carbocycles. The zero-order valence-corrected chi connectivity index (χ0v) is 12.4. The number of rotatable bonds is 6. The van der Waals surface area contributed by atoms with Gasteiger partial charge in [-0.15, -0.1) is 11.3 Å². The third-order valence-electron chi connectivity index (χ3n) is 2.54. The summed E-state index contributed by atoms with van der Waals surface area (Å²) in [7, 11) is 0. The van der Waals surface area contributed by atoms with Crippen molar-refractivity contribution in [3.63, 3.8) is 0 Å². The molecule has 0 radical (unpaired) electrons. The van der Waals surface area contributed by atoms with E-state index in [0.29, 0.717) is 0 Å². The minimum atomic E-state index is -0.326. The van der Waals surface area contributed by atoms with Crippen LogP contribution in [0.2, 0.25) is 0 Å². The lowest BCUT2D eigenvalue weighted by Gasteiger charge is -2.31. The SMILES string of the molecule is CCN(CC(N)=O)C(c1cc(Br)cs1)C(C)N. The highest BCUT2D eigenvalue weighted by Crippen LogP contribution is 2.31. The van der Waals surface area contributed by atoms with Crippen molar-refractivity contribution in [3.05, 3.63) is 20.8 Å². The van der Waals surface area contributed by atoms with Gasteiger partial charge in [-0.25, -0.2) is 0 Å². The number of likely N-dealkylation sites (N-methyl/N-ethyl adjacent to an activating group) is 1. The molecular formula is C11H18BrN3OS. The molecule has 1 aromatic heterocycles. The first kappa shape index (κ1) is 14.6. The van der Waals surface area contributed by atoms with Crippen LogP contribution in [0, 0.1) is 0 Å². The second kappa shape index (κ2) is 6.49. The van der Waals surface area contributed by atoms with Crippen LogP contribution in [-0.2, 0) is 4.79 Å². The number of hydrogen-bond acceptors (Lipinski definition) is 4. The first-order valence-corrected chi connectivity index (χ1v) is 7.14. The van der Waals surface area contributed by atoms with Crippen molar-refractivity contribution < 1.29 is 4.79 Å². The number of carbonyl (C=O) groups is 1. The van der Waals surface area contributed by atoms with Gasteiger partial charge in [0.15, 0.2) is 0 Å². The maximum absolute atomic E-state index is 11.1. The molecular weight excluding hydrogens is 302 g/mol. The molecule has 0 aliphatic carbocycles. The molecule has 96 valence electrons. The van der Waals surface area contributed by atoms with Gasteiger partial charge in [-0.2, -0.15) is 0 Å². The molecule has 0 spiro atoms. The number of hydrogen-bond donors (Lipinski definition) is 2. The monoisotopic (exact) mass is 319 g/mol. The summed E-state index contributed by atoms with van der Waals surface area (Å²) < 4.78 is 1.04. The molecule has 2 atom stereocenters. The van der Waals surface area contributed by atoms with E-state index in [9.17, 15) is 4.79 Å². The summed E-state index contributed by atoms with van der Waals surface area (Å²) in [4.78, 5) is 14.2. The standard InChI is InChI=1S/C11H18BrN3OS/c1-3-15(5-10(14)16)11(7(2)13)9-4-8(12)6-17-9/h4,6-7,11H,3,5,13H2,1-2H3,(H2,14,16). The maximum atomic E-state index is 11.1. The zero-order chi connectivity index (χ0) is 13.0. The van der Waals surface area contributed by atoms with Crippen LogP contribution in [0.15, 0.2) is 15.9 Å². The van der Waals surface area contributed by atoms with Gasteiger partial charge in [0, 0.05) is 20.8 Å². The average Bonchev–Trinajstić information content (AvgIpc) is 2.62. The van der Waals surface area contributed by atoms with E-state index in [4.69, 9.17) is 11.5 Å². The minimum Gasteiger partial charge on any atom is -0.369 e. The molecule has 1 aromatic rings. The molecule has 2 unspecified atom stereocenters. The van der Waals surface area contributed by atoms with E-state index in [2.05, 4.69) is 15.9 Å². The lowest BCUT2D eigenvalue weighted by atomic mass is 10.1. The quantitative estimate of drug-likeness (QED) is 0.838. The topological polar surface area (TPSA) is 72.3 Å². The van der Waals surface area contributed by atoms with E-state index in [-0.39, 0.29) is 24.5 Å². The van der Waals surface area contributed by atoms with Crippen LogP contribution in [0.4, 0.5) is 0 Å². The lowest BCUT2D eigenvalue weighted by Crippen LogP contribution is -2.43. The molecule has 0 aromatic carbocycles. The maximum Gasteiger partial charge on any atom is 0.231 e. The highest BCUT2D eigenvalue weighted by atomic mass is 79.9. The Kier molecular flexibility index (Phi) is 5.58. The molecule has 0 bridgehead atoms. The summed E-state index contributed by atoms with van der Waals surface area (Å²) in [6.45, 7) is 4.92. The van der Waals surface area contributed by atoms with Gasteiger partial charge in [0.05, 0.1) is 12.6 Å². The molecule has 1 rings (SSSR count). The Labute approximate surface area is 114 Å². The number of nitrogens with zero attached hydrogens (tertiary/aromatic N) is 1. The Balaban J connectivity index is 2.94. The van der Waals surface area contributed by atoms with E-state index in [1.807, 2.05) is 30.2 Å². The first-order valence-electron chi connectivity index (χ1n) is 5.47. The fraction of sp³-hybridized carbons (Fsp3) is 0.545. The predicted octanol–water partition coefficient (Wildman–Crippen LogP) is 1.71. The van der Waals surface area contributed by atoms with Crippen LogP contribution in [0.25, 0.3) is 0 Å². The van der Waals surface area contributed by atoms with Crippen molar-refractivity contribution >= 4 is 33.2 Å². The molecule has 0 aliphatic heterocycles. The largest absolute Gasteiger partial charge is 0.369 e. The molecule has 4 nitrogen and oxygen atoms in total. The van der Waals surface area contributed by atoms with Crippen molar-refractivity contribution in [3.8, 4) is 0 Å². The molecule has 17 heavy (non-hydrogen) atoms. The van der Waals surface area contributed by atoms with Gasteiger partial charge in [-0.05, 0) is 35.5 Å². The van der Waals surface area contributed by atoms with E-state index in [1.54, 1.807) is 11.3 Å². The predicted molar refractivity (Wildman–Crippen MR) is 74.9 cm³/mol. The molecule has 0 saturated heterocycles. The Morgan fingerprint density at radius 3 is 2.65 bits per heavy atom. The smallest absolute Gasteiger partial charge is 0.231 e. The van der Waals surface area contributed by atoms with E-state index >= 15 is 0 Å². The van der Waals surface area contributed by atoms with Crippen molar-refractivity contribution in [2.75, 3.05) is 13.1 Å². The van der Waals surface area contributed by atoms with Crippen LogP contribution in [0.1, 0.15) is 24.8 Å². The summed E-state index contributed by atoms with van der Waals surface area (Å²) in [5.74, 6) is -0.326. The van der Waals surface area contributed by atoms with E-state index in [1.165, 1.54) is 0 Å². The third kappa shape index (κ3) is 4.06.